The van der Waals surface area contributed by atoms with E-state index >= 15 is 0 Å². The van der Waals surface area contributed by atoms with Crippen molar-refractivity contribution in [1.29, 1.82) is 0 Å². The van der Waals surface area contributed by atoms with E-state index in [1.165, 1.54) is 4.57 Å². The van der Waals surface area contributed by atoms with Crippen molar-refractivity contribution in [3.63, 3.8) is 0 Å². The van der Waals surface area contributed by atoms with Gasteiger partial charge in [0.25, 0.3) is 6.43 Å². The third kappa shape index (κ3) is 7.05. The maximum absolute atomic E-state index is 14.2. The molecule has 1 aromatic carbocycles. The molecule has 0 bridgehead atoms. The highest BCUT2D eigenvalue weighted by molar-refractivity contribution is 5.78. The molecule has 3 aromatic rings. The van der Waals surface area contributed by atoms with E-state index in [2.05, 4.69) is 25.6 Å². The standard InChI is InChI=1S/C29H38F3N7O3/c1-29(2,3)42-28(40)34-19-10-8-18(9-11-19)16-33-27-36-23(38-12-13-41-17-20(38)15-30)14-24(37-27)39-22-7-5-4-6-21(22)35-26(39)25(31)32/h4-7,14,18-20,25H,8-13,15-17H2,1-3H3,(H,34,40)(H,33,36,37)/t18-,19-,20-/m1/s1. The second-order valence-electron chi connectivity index (χ2n) is 11.8. The Labute approximate surface area is 243 Å². The number of nitrogens with one attached hydrogen (secondary N) is 2. The number of carbonyl (C=O) groups excluding carboxylic acids is 1. The van der Waals surface area contributed by atoms with Gasteiger partial charge in [0.05, 0.1) is 30.3 Å². The number of alkyl carbamates (subject to hydrolysis) is 1. The predicted octanol–water partition coefficient (Wildman–Crippen LogP) is 5.42. The smallest absolute Gasteiger partial charge is 0.407 e. The van der Waals surface area contributed by atoms with Crippen molar-refractivity contribution in [2.24, 2.45) is 5.92 Å². The SMILES string of the molecule is CC(C)(C)OC(=O)N[C@H]1CC[C@H](CNc2nc(N3CCOC[C@H]3CF)cc(-n3c(C(F)F)nc4ccccc43)n2)CC1. The minimum absolute atomic E-state index is 0.0449. The highest BCUT2D eigenvalue weighted by Crippen LogP contribution is 2.31. The van der Waals surface area contributed by atoms with Crippen molar-refractivity contribution in [3.8, 4) is 5.82 Å². The molecule has 2 fully saturated rings. The number of nitrogens with zero attached hydrogens (tertiary/aromatic N) is 5. The van der Waals surface area contributed by atoms with Gasteiger partial charge in [-0.25, -0.2) is 22.9 Å². The number of halogens is 3. The Balaban J connectivity index is 1.36. The highest BCUT2D eigenvalue weighted by Gasteiger charge is 2.28. The van der Waals surface area contributed by atoms with Crippen molar-refractivity contribution in [3.05, 3.63) is 36.2 Å². The van der Waals surface area contributed by atoms with Crippen LogP contribution in [0.1, 0.15) is 58.7 Å². The quantitative estimate of drug-likeness (QED) is 0.359. The van der Waals surface area contributed by atoms with Crippen LogP contribution in [0, 0.1) is 5.92 Å². The van der Waals surface area contributed by atoms with Gasteiger partial charge in [-0.3, -0.25) is 4.57 Å². The van der Waals surface area contributed by atoms with Crippen molar-refractivity contribution < 1.29 is 27.4 Å². The van der Waals surface area contributed by atoms with Crippen molar-refractivity contribution in [1.82, 2.24) is 24.8 Å². The lowest BCUT2D eigenvalue weighted by molar-refractivity contribution is 0.0488. The van der Waals surface area contributed by atoms with Gasteiger partial charge in [-0.05, 0) is 64.5 Å². The summed E-state index contributed by atoms with van der Waals surface area (Å²) in [6.45, 7) is 6.42. The average Bonchev–Trinajstić information content (AvgIpc) is 3.36. The summed E-state index contributed by atoms with van der Waals surface area (Å²) in [4.78, 5) is 27.4. The first-order chi connectivity index (χ1) is 20.1. The average molecular weight is 590 g/mol. The van der Waals surface area contributed by atoms with E-state index < -0.39 is 36.7 Å². The number of benzene rings is 1. The molecule has 1 amide bonds. The van der Waals surface area contributed by atoms with Crippen LogP contribution in [0.15, 0.2) is 30.3 Å². The molecule has 2 aromatic heterocycles. The van der Waals surface area contributed by atoms with Crippen molar-refractivity contribution >= 4 is 28.9 Å². The van der Waals surface area contributed by atoms with E-state index in [1.807, 2.05) is 20.8 Å². The van der Waals surface area contributed by atoms with Gasteiger partial charge in [0.1, 0.15) is 23.9 Å². The van der Waals surface area contributed by atoms with Crippen LogP contribution in [0.5, 0.6) is 0 Å². The Morgan fingerprint density at radius 2 is 1.86 bits per heavy atom. The summed E-state index contributed by atoms with van der Waals surface area (Å²) in [6, 6.07) is 7.99. The van der Waals surface area contributed by atoms with Crippen LogP contribution in [0.4, 0.5) is 29.7 Å². The Hall–Kier alpha value is -3.61. The van der Waals surface area contributed by atoms with Crippen molar-refractivity contribution in [2.75, 3.05) is 43.2 Å². The molecule has 0 radical (unpaired) electrons. The highest BCUT2D eigenvalue weighted by atomic mass is 19.3. The lowest BCUT2D eigenvalue weighted by Gasteiger charge is -2.35. The number of hydrogen-bond donors (Lipinski definition) is 2. The Morgan fingerprint density at radius 3 is 2.57 bits per heavy atom. The van der Waals surface area contributed by atoms with Crippen LogP contribution >= 0.6 is 0 Å². The normalized spacial score (nSPS) is 21.5. The predicted molar refractivity (Wildman–Crippen MR) is 153 cm³/mol. The number of ether oxygens (including phenoxy) is 2. The number of aromatic nitrogens is 4. The monoisotopic (exact) mass is 589 g/mol. The molecule has 10 nitrogen and oxygen atoms in total. The third-order valence-electron chi connectivity index (χ3n) is 7.53. The van der Waals surface area contributed by atoms with Crippen LogP contribution in [0.2, 0.25) is 0 Å². The summed E-state index contributed by atoms with van der Waals surface area (Å²) in [5, 5.41) is 6.26. The number of hydrogen-bond acceptors (Lipinski definition) is 8. The number of para-hydroxylation sites is 2. The van der Waals surface area contributed by atoms with Gasteiger partial charge < -0.3 is 25.0 Å². The molecule has 1 saturated carbocycles. The van der Waals surface area contributed by atoms with Crippen LogP contribution in [0.3, 0.4) is 0 Å². The lowest BCUT2D eigenvalue weighted by Crippen LogP contribution is -2.47. The largest absolute Gasteiger partial charge is 0.444 e. The maximum Gasteiger partial charge on any atom is 0.407 e. The number of fused-ring (bicyclic) bond motifs is 1. The summed E-state index contributed by atoms with van der Waals surface area (Å²) in [6.07, 6.45) is 0.111. The van der Waals surface area contributed by atoms with Gasteiger partial charge in [0, 0.05) is 25.2 Å². The summed E-state index contributed by atoms with van der Waals surface area (Å²) < 4.78 is 54.4. The summed E-state index contributed by atoms with van der Waals surface area (Å²) in [5.41, 5.74) is 0.360. The molecule has 1 atom stereocenters. The number of alkyl halides is 3. The molecule has 1 saturated heterocycles. The zero-order valence-corrected chi connectivity index (χ0v) is 24.2. The Kier molecular flexibility index (Phi) is 9.05. The van der Waals surface area contributed by atoms with E-state index in [0.29, 0.717) is 42.5 Å². The summed E-state index contributed by atoms with van der Waals surface area (Å²) in [7, 11) is 0. The molecule has 0 unspecified atom stereocenters. The van der Waals surface area contributed by atoms with Gasteiger partial charge in [0.15, 0.2) is 5.82 Å². The number of rotatable bonds is 8. The molecular weight excluding hydrogens is 551 g/mol. The topological polar surface area (TPSA) is 106 Å². The molecular formula is C29H38F3N7O3. The van der Waals surface area contributed by atoms with Crippen LogP contribution in [0.25, 0.3) is 16.9 Å². The number of amides is 1. The molecule has 1 aliphatic carbocycles. The fourth-order valence-corrected chi connectivity index (χ4v) is 5.50. The first kappa shape index (κ1) is 29.9. The van der Waals surface area contributed by atoms with Crippen molar-refractivity contribution in [2.45, 2.75) is 70.6 Å². The number of carbonyl (C=O) groups is 1. The second kappa shape index (κ2) is 12.7. The van der Waals surface area contributed by atoms with Crippen LogP contribution in [-0.2, 0) is 9.47 Å². The molecule has 3 heterocycles. The van der Waals surface area contributed by atoms with Crippen LogP contribution in [-0.4, -0.2) is 76.3 Å². The molecule has 13 heteroatoms. The van der Waals surface area contributed by atoms with E-state index in [1.54, 1.807) is 35.2 Å². The van der Waals surface area contributed by atoms with E-state index in [4.69, 9.17) is 9.47 Å². The summed E-state index contributed by atoms with van der Waals surface area (Å²) in [5.74, 6) is 0.785. The van der Waals surface area contributed by atoms with Gasteiger partial charge in [-0.15, -0.1) is 0 Å². The van der Waals surface area contributed by atoms with Gasteiger partial charge >= 0.3 is 6.09 Å². The number of anilines is 2. The first-order valence-corrected chi connectivity index (χ1v) is 14.4. The molecule has 42 heavy (non-hydrogen) atoms. The zero-order chi connectivity index (χ0) is 29.9. The van der Waals surface area contributed by atoms with E-state index in [-0.39, 0.29) is 24.4 Å². The maximum atomic E-state index is 14.2. The van der Waals surface area contributed by atoms with Crippen LogP contribution < -0.4 is 15.5 Å². The van der Waals surface area contributed by atoms with Gasteiger partial charge in [0.2, 0.25) is 5.95 Å². The second-order valence-corrected chi connectivity index (χ2v) is 11.8. The minimum Gasteiger partial charge on any atom is -0.444 e. The molecule has 2 N–H and O–H groups in total. The lowest BCUT2D eigenvalue weighted by atomic mass is 9.86. The summed E-state index contributed by atoms with van der Waals surface area (Å²) >= 11 is 0. The molecule has 5 rings (SSSR count). The molecule has 228 valence electrons. The Bertz CT molecular complexity index is 1370. The minimum atomic E-state index is -2.83. The molecule has 1 aliphatic heterocycles. The molecule has 0 spiro atoms. The van der Waals surface area contributed by atoms with E-state index in [0.717, 1.165) is 25.7 Å². The zero-order valence-electron chi connectivity index (χ0n) is 24.2. The molecule has 2 aliphatic rings. The fourth-order valence-electron chi connectivity index (χ4n) is 5.50. The fraction of sp³-hybridized carbons (Fsp3) is 0.586. The third-order valence-corrected chi connectivity index (χ3v) is 7.53. The van der Waals surface area contributed by atoms with Gasteiger partial charge in [-0.1, -0.05) is 12.1 Å². The van der Waals surface area contributed by atoms with Gasteiger partial charge in [-0.2, -0.15) is 9.97 Å². The Morgan fingerprint density at radius 1 is 1.12 bits per heavy atom. The van der Waals surface area contributed by atoms with E-state index in [9.17, 15) is 18.0 Å². The number of imidazole rings is 1. The first-order valence-electron chi connectivity index (χ1n) is 14.4. The number of morpholine rings is 1.